The lowest BCUT2D eigenvalue weighted by Crippen LogP contribution is -2.45. The number of piperidine rings is 1. The Labute approximate surface area is 208 Å². The zero-order chi connectivity index (χ0) is 24.6. The van der Waals surface area contributed by atoms with E-state index in [1.807, 2.05) is 24.3 Å². The zero-order valence-corrected chi connectivity index (χ0v) is 20.6. The fraction of sp³-hybridized carbons (Fsp3) is 0.517. The minimum absolute atomic E-state index is 0.255. The van der Waals surface area contributed by atoms with Crippen LogP contribution in [-0.2, 0) is 27.2 Å². The molecule has 1 saturated heterocycles. The molecule has 1 heterocycles. The van der Waals surface area contributed by atoms with Crippen molar-refractivity contribution in [1.29, 1.82) is 0 Å². The van der Waals surface area contributed by atoms with E-state index in [0.717, 1.165) is 50.1 Å². The maximum absolute atomic E-state index is 12.8. The molecule has 2 aromatic rings. The molecule has 35 heavy (non-hydrogen) atoms. The van der Waals surface area contributed by atoms with Crippen LogP contribution in [0.4, 0.5) is 0 Å². The summed E-state index contributed by atoms with van der Waals surface area (Å²) < 4.78 is 12.1. The number of aryl methyl sites for hydroxylation is 2. The first-order valence-corrected chi connectivity index (χ1v) is 12.9. The Morgan fingerprint density at radius 1 is 0.943 bits per heavy atom. The van der Waals surface area contributed by atoms with Gasteiger partial charge in [-0.1, -0.05) is 55.5 Å². The molecular formula is C29H37NO5. The second-order valence-electron chi connectivity index (χ2n) is 10.1. The van der Waals surface area contributed by atoms with Crippen LogP contribution in [0.1, 0.15) is 43.7 Å². The quantitative estimate of drug-likeness (QED) is 0.475. The molecule has 0 spiro atoms. The number of hydrogen-bond acceptors (Lipinski definition) is 5. The fourth-order valence-corrected chi connectivity index (χ4v) is 4.94. The number of carboxylic acids is 1. The van der Waals surface area contributed by atoms with Gasteiger partial charge in [0.15, 0.2) is 0 Å². The highest BCUT2D eigenvalue weighted by atomic mass is 16.6. The number of aliphatic carboxylic acids is 1. The van der Waals surface area contributed by atoms with Crippen molar-refractivity contribution in [3.63, 3.8) is 0 Å². The molecule has 6 nitrogen and oxygen atoms in total. The second kappa shape index (κ2) is 12.2. The molecule has 1 saturated carbocycles. The van der Waals surface area contributed by atoms with Crippen molar-refractivity contribution in [2.24, 2.45) is 17.8 Å². The van der Waals surface area contributed by atoms with Gasteiger partial charge in [0.25, 0.3) is 0 Å². The molecule has 2 aromatic carbocycles. The molecule has 6 heteroatoms. The molecule has 0 aromatic heterocycles. The van der Waals surface area contributed by atoms with Crippen LogP contribution in [0.25, 0.3) is 0 Å². The standard InChI is InChI=1S/C29H37NO5/c1-21-15-17-30(18-16-21)19-24(35-29(33)26-14-13-25(26)28(31)32)20-34-27-10-6-5-9-23(27)12-11-22-7-3-2-4-8-22/h2-10,21,24-26H,11-20H2,1H3,(H,31,32). The number of carbonyl (C=O) groups is 2. The summed E-state index contributed by atoms with van der Waals surface area (Å²) in [5.41, 5.74) is 2.40. The summed E-state index contributed by atoms with van der Waals surface area (Å²) in [6.07, 6.45) is 4.72. The van der Waals surface area contributed by atoms with Crippen molar-refractivity contribution in [2.45, 2.75) is 51.6 Å². The van der Waals surface area contributed by atoms with E-state index < -0.39 is 29.9 Å². The van der Waals surface area contributed by atoms with E-state index >= 15 is 0 Å². The van der Waals surface area contributed by atoms with Crippen molar-refractivity contribution in [2.75, 3.05) is 26.2 Å². The molecule has 3 atom stereocenters. The number of ether oxygens (including phenoxy) is 2. The van der Waals surface area contributed by atoms with E-state index in [1.54, 1.807) is 0 Å². The first-order chi connectivity index (χ1) is 17.0. The van der Waals surface area contributed by atoms with E-state index in [4.69, 9.17) is 9.47 Å². The average Bonchev–Trinajstić information content (AvgIpc) is 2.82. The smallest absolute Gasteiger partial charge is 0.310 e. The number of carbonyl (C=O) groups excluding carboxylic acids is 1. The van der Waals surface area contributed by atoms with Crippen LogP contribution < -0.4 is 4.74 Å². The Hall–Kier alpha value is -2.86. The van der Waals surface area contributed by atoms with Crippen LogP contribution in [-0.4, -0.2) is 54.3 Å². The number of carboxylic acid groups (broad SMARTS) is 1. The van der Waals surface area contributed by atoms with Crippen LogP contribution >= 0.6 is 0 Å². The van der Waals surface area contributed by atoms with Gasteiger partial charge in [-0.2, -0.15) is 0 Å². The van der Waals surface area contributed by atoms with E-state index in [-0.39, 0.29) is 6.61 Å². The average molecular weight is 480 g/mol. The molecule has 0 radical (unpaired) electrons. The first-order valence-electron chi connectivity index (χ1n) is 12.9. The van der Waals surface area contributed by atoms with E-state index in [2.05, 4.69) is 42.2 Å². The zero-order valence-electron chi connectivity index (χ0n) is 20.6. The lowest BCUT2D eigenvalue weighted by Gasteiger charge is -2.35. The Balaban J connectivity index is 1.39. The third-order valence-corrected chi connectivity index (χ3v) is 7.44. The van der Waals surface area contributed by atoms with Gasteiger partial charge in [0.1, 0.15) is 18.5 Å². The largest absolute Gasteiger partial charge is 0.489 e. The highest BCUT2D eigenvalue weighted by Gasteiger charge is 2.43. The van der Waals surface area contributed by atoms with Gasteiger partial charge in [-0.25, -0.2) is 0 Å². The summed E-state index contributed by atoms with van der Waals surface area (Å²) in [4.78, 5) is 26.6. The number of likely N-dealkylation sites (tertiary alicyclic amines) is 1. The third-order valence-electron chi connectivity index (χ3n) is 7.44. The number of nitrogens with zero attached hydrogens (tertiary/aromatic N) is 1. The van der Waals surface area contributed by atoms with E-state index in [1.165, 1.54) is 5.56 Å². The molecule has 1 aliphatic heterocycles. The summed E-state index contributed by atoms with van der Waals surface area (Å²) in [7, 11) is 0. The Morgan fingerprint density at radius 3 is 2.31 bits per heavy atom. The molecule has 188 valence electrons. The van der Waals surface area contributed by atoms with Gasteiger partial charge in [0.2, 0.25) is 0 Å². The van der Waals surface area contributed by atoms with Gasteiger partial charge in [0, 0.05) is 6.54 Å². The van der Waals surface area contributed by atoms with Gasteiger partial charge in [-0.15, -0.1) is 0 Å². The Kier molecular flexibility index (Phi) is 8.80. The summed E-state index contributed by atoms with van der Waals surface area (Å²) in [5.74, 6) is -0.966. The molecule has 2 fully saturated rings. The number of para-hydroxylation sites is 1. The molecule has 4 rings (SSSR count). The van der Waals surface area contributed by atoms with Gasteiger partial charge < -0.3 is 14.6 Å². The summed E-state index contributed by atoms with van der Waals surface area (Å²) in [6, 6.07) is 18.4. The predicted octanol–water partition coefficient (Wildman–Crippen LogP) is 4.61. The Bertz CT molecular complexity index is 970. The van der Waals surface area contributed by atoms with Crippen LogP contribution in [0, 0.1) is 17.8 Å². The summed E-state index contributed by atoms with van der Waals surface area (Å²) in [6.45, 7) is 5.08. The van der Waals surface area contributed by atoms with Crippen molar-refractivity contribution >= 4 is 11.9 Å². The number of rotatable bonds is 11. The van der Waals surface area contributed by atoms with Crippen molar-refractivity contribution in [3.05, 3.63) is 65.7 Å². The number of esters is 1. The van der Waals surface area contributed by atoms with Crippen LogP contribution in [0.5, 0.6) is 5.75 Å². The van der Waals surface area contributed by atoms with Crippen LogP contribution in [0.15, 0.2) is 54.6 Å². The summed E-state index contributed by atoms with van der Waals surface area (Å²) in [5, 5.41) is 9.35. The minimum Gasteiger partial charge on any atom is -0.489 e. The summed E-state index contributed by atoms with van der Waals surface area (Å²) >= 11 is 0. The predicted molar refractivity (Wildman–Crippen MR) is 134 cm³/mol. The maximum atomic E-state index is 12.8. The normalized spacial score (nSPS) is 21.6. The lowest BCUT2D eigenvalue weighted by atomic mass is 9.74. The maximum Gasteiger partial charge on any atom is 0.310 e. The molecule has 0 amide bonds. The second-order valence-corrected chi connectivity index (χ2v) is 10.1. The molecule has 0 bridgehead atoms. The van der Waals surface area contributed by atoms with Crippen molar-refractivity contribution < 1.29 is 24.2 Å². The van der Waals surface area contributed by atoms with Crippen molar-refractivity contribution in [1.82, 2.24) is 4.90 Å². The van der Waals surface area contributed by atoms with E-state index in [0.29, 0.717) is 25.3 Å². The fourth-order valence-electron chi connectivity index (χ4n) is 4.94. The van der Waals surface area contributed by atoms with Crippen LogP contribution in [0.2, 0.25) is 0 Å². The topological polar surface area (TPSA) is 76.1 Å². The number of hydrogen-bond donors (Lipinski definition) is 1. The Morgan fingerprint density at radius 2 is 1.63 bits per heavy atom. The van der Waals surface area contributed by atoms with Gasteiger partial charge in [0.05, 0.1) is 11.8 Å². The minimum atomic E-state index is -0.914. The van der Waals surface area contributed by atoms with Crippen molar-refractivity contribution in [3.8, 4) is 5.75 Å². The third kappa shape index (κ3) is 7.07. The molecule has 2 aliphatic rings. The SMILES string of the molecule is CC1CCN(CC(COc2ccccc2CCc2ccccc2)OC(=O)C2CCC2C(=O)O)CC1. The van der Waals surface area contributed by atoms with Gasteiger partial charge in [-0.3, -0.25) is 14.5 Å². The van der Waals surface area contributed by atoms with Gasteiger partial charge >= 0.3 is 11.9 Å². The number of benzene rings is 2. The molecule has 3 unspecified atom stereocenters. The van der Waals surface area contributed by atoms with Crippen LogP contribution in [0.3, 0.4) is 0 Å². The molecule has 1 N–H and O–H groups in total. The van der Waals surface area contributed by atoms with Gasteiger partial charge in [-0.05, 0) is 74.7 Å². The highest BCUT2D eigenvalue weighted by Crippen LogP contribution is 2.35. The monoisotopic (exact) mass is 479 g/mol. The molecular weight excluding hydrogens is 442 g/mol. The first kappa shape index (κ1) is 25.2. The molecule has 1 aliphatic carbocycles. The lowest BCUT2D eigenvalue weighted by molar-refractivity contribution is -0.170. The highest BCUT2D eigenvalue weighted by molar-refractivity contribution is 5.83. The van der Waals surface area contributed by atoms with E-state index in [9.17, 15) is 14.7 Å².